The highest BCUT2D eigenvalue weighted by Gasteiger charge is 2.14. The van der Waals surface area contributed by atoms with Gasteiger partial charge in [-0.15, -0.1) is 0 Å². The third-order valence-electron chi connectivity index (χ3n) is 4.31. The van der Waals surface area contributed by atoms with Crippen LogP contribution in [0.4, 0.5) is 0 Å². The summed E-state index contributed by atoms with van der Waals surface area (Å²) in [6.45, 7) is 4.98. The molecule has 1 unspecified atom stereocenters. The van der Waals surface area contributed by atoms with E-state index in [1.165, 1.54) is 11.1 Å². The summed E-state index contributed by atoms with van der Waals surface area (Å²) in [6.07, 6.45) is 0.942. The lowest BCUT2D eigenvalue weighted by Crippen LogP contribution is -2.39. The second kappa shape index (κ2) is 9.70. The maximum absolute atomic E-state index is 5.47. The van der Waals surface area contributed by atoms with E-state index < -0.39 is 0 Å². The number of hydrogen-bond acceptors (Lipinski definition) is 3. The zero-order chi connectivity index (χ0) is 18.9. The van der Waals surface area contributed by atoms with Gasteiger partial charge in [0, 0.05) is 19.2 Å². The van der Waals surface area contributed by atoms with Crippen molar-refractivity contribution >= 4 is 5.96 Å². The van der Waals surface area contributed by atoms with Gasteiger partial charge in [0.05, 0.1) is 20.3 Å². The first-order valence-electron chi connectivity index (χ1n) is 8.82. The standard InChI is InChI=1S/C21H29N3O2/c1-15-6-8-17(9-7-15)12-13-23-21(22-3)24-16(2)19-14-18(25-4)10-11-20(19)26-5/h6-11,14,16H,12-13H2,1-5H3,(H2,22,23,24). The van der Waals surface area contributed by atoms with Crippen molar-refractivity contribution in [3.8, 4) is 11.5 Å². The summed E-state index contributed by atoms with van der Waals surface area (Å²) in [5.41, 5.74) is 3.61. The first-order chi connectivity index (χ1) is 12.6. The minimum atomic E-state index is 0.0191. The Morgan fingerprint density at radius 2 is 1.81 bits per heavy atom. The van der Waals surface area contributed by atoms with Gasteiger partial charge in [0.15, 0.2) is 5.96 Å². The maximum Gasteiger partial charge on any atom is 0.191 e. The molecule has 0 aliphatic carbocycles. The molecule has 2 rings (SSSR count). The molecule has 5 heteroatoms. The summed E-state index contributed by atoms with van der Waals surface area (Å²) in [4.78, 5) is 4.32. The normalized spacial score (nSPS) is 12.4. The molecule has 2 aromatic carbocycles. The van der Waals surface area contributed by atoms with E-state index in [0.717, 1.165) is 36.0 Å². The van der Waals surface area contributed by atoms with Crippen LogP contribution in [0.25, 0.3) is 0 Å². The molecular formula is C21H29N3O2. The van der Waals surface area contributed by atoms with Gasteiger partial charge in [0.1, 0.15) is 11.5 Å². The average Bonchev–Trinajstić information content (AvgIpc) is 2.67. The average molecular weight is 355 g/mol. The summed E-state index contributed by atoms with van der Waals surface area (Å²) in [7, 11) is 5.11. The van der Waals surface area contributed by atoms with E-state index in [-0.39, 0.29) is 6.04 Å². The predicted molar refractivity (Wildman–Crippen MR) is 107 cm³/mol. The molecule has 140 valence electrons. The van der Waals surface area contributed by atoms with Crippen LogP contribution in [0.2, 0.25) is 0 Å². The van der Waals surface area contributed by atoms with Crippen LogP contribution in [0.15, 0.2) is 47.5 Å². The van der Waals surface area contributed by atoms with Crippen LogP contribution in [0.1, 0.15) is 29.7 Å². The molecule has 0 amide bonds. The van der Waals surface area contributed by atoms with Crippen molar-refractivity contribution in [1.82, 2.24) is 10.6 Å². The highest BCUT2D eigenvalue weighted by Crippen LogP contribution is 2.29. The van der Waals surface area contributed by atoms with E-state index in [1.54, 1.807) is 21.3 Å². The van der Waals surface area contributed by atoms with Crippen molar-refractivity contribution in [2.75, 3.05) is 27.8 Å². The quantitative estimate of drug-likeness (QED) is 0.590. The summed E-state index contributed by atoms with van der Waals surface area (Å²) < 4.78 is 10.8. The molecule has 2 aromatic rings. The molecule has 0 saturated heterocycles. The maximum atomic E-state index is 5.47. The molecule has 0 aromatic heterocycles. The number of guanidine groups is 1. The van der Waals surface area contributed by atoms with Gasteiger partial charge in [-0.3, -0.25) is 4.99 Å². The number of nitrogens with zero attached hydrogens (tertiary/aromatic N) is 1. The summed E-state index contributed by atoms with van der Waals surface area (Å²) >= 11 is 0. The minimum Gasteiger partial charge on any atom is -0.497 e. The molecule has 26 heavy (non-hydrogen) atoms. The second-order valence-corrected chi connectivity index (χ2v) is 6.21. The van der Waals surface area contributed by atoms with Gasteiger partial charge in [0.2, 0.25) is 0 Å². The Labute approximate surface area is 156 Å². The minimum absolute atomic E-state index is 0.0191. The van der Waals surface area contributed by atoms with E-state index in [9.17, 15) is 0 Å². The molecule has 0 fully saturated rings. The van der Waals surface area contributed by atoms with Gasteiger partial charge in [-0.25, -0.2) is 0 Å². The Balaban J connectivity index is 1.95. The van der Waals surface area contributed by atoms with E-state index in [1.807, 2.05) is 18.2 Å². The zero-order valence-corrected chi connectivity index (χ0v) is 16.3. The molecular weight excluding hydrogens is 326 g/mol. The molecule has 5 nitrogen and oxygen atoms in total. The van der Waals surface area contributed by atoms with Crippen molar-refractivity contribution in [1.29, 1.82) is 0 Å². The number of aryl methyl sites for hydroxylation is 1. The fraction of sp³-hybridized carbons (Fsp3) is 0.381. The van der Waals surface area contributed by atoms with E-state index in [2.05, 4.69) is 53.7 Å². The number of methoxy groups -OCH3 is 2. The zero-order valence-electron chi connectivity index (χ0n) is 16.3. The fourth-order valence-electron chi connectivity index (χ4n) is 2.74. The molecule has 0 spiro atoms. The third-order valence-corrected chi connectivity index (χ3v) is 4.31. The van der Waals surface area contributed by atoms with E-state index in [4.69, 9.17) is 9.47 Å². The van der Waals surface area contributed by atoms with Gasteiger partial charge < -0.3 is 20.1 Å². The van der Waals surface area contributed by atoms with Gasteiger partial charge in [-0.1, -0.05) is 29.8 Å². The lowest BCUT2D eigenvalue weighted by atomic mass is 10.1. The van der Waals surface area contributed by atoms with E-state index in [0.29, 0.717) is 0 Å². The Morgan fingerprint density at radius 1 is 1.08 bits per heavy atom. The summed E-state index contributed by atoms with van der Waals surface area (Å²) in [5, 5.41) is 6.77. The number of benzene rings is 2. The largest absolute Gasteiger partial charge is 0.497 e. The Kier molecular flexibility index (Phi) is 7.33. The molecule has 0 aliphatic rings. The van der Waals surface area contributed by atoms with Crippen LogP contribution < -0.4 is 20.1 Å². The van der Waals surface area contributed by atoms with Crippen molar-refractivity contribution in [2.24, 2.45) is 4.99 Å². The number of aliphatic imine (C=N–C) groups is 1. The molecule has 1 atom stereocenters. The number of hydrogen-bond donors (Lipinski definition) is 2. The van der Waals surface area contributed by atoms with Crippen LogP contribution in [0, 0.1) is 6.92 Å². The molecule has 0 bridgehead atoms. The Morgan fingerprint density at radius 3 is 2.42 bits per heavy atom. The lowest BCUT2D eigenvalue weighted by Gasteiger charge is -2.21. The summed E-state index contributed by atoms with van der Waals surface area (Å²) in [6, 6.07) is 14.4. The molecule has 0 aliphatic heterocycles. The first-order valence-corrected chi connectivity index (χ1v) is 8.82. The predicted octanol–water partition coefficient (Wildman–Crippen LogP) is 3.48. The number of nitrogens with one attached hydrogen (secondary N) is 2. The van der Waals surface area contributed by atoms with Crippen LogP contribution >= 0.6 is 0 Å². The van der Waals surface area contributed by atoms with E-state index >= 15 is 0 Å². The molecule has 0 saturated carbocycles. The highest BCUT2D eigenvalue weighted by molar-refractivity contribution is 5.80. The Hall–Kier alpha value is -2.69. The van der Waals surface area contributed by atoms with Crippen LogP contribution in [-0.4, -0.2) is 33.8 Å². The molecule has 0 radical (unpaired) electrons. The smallest absolute Gasteiger partial charge is 0.191 e. The van der Waals surface area contributed by atoms with Gasteiger partial charge in [0.25, 0.3) is 0 Å². The number of ether oxygens (including phenoxy) is 2. The second-order valence-electron chi connectivity index (χ2n) is 6.21. The van der Waals surface area contributed by atoms with Gasteiger partial charge in [-0.2, -0.15) is 0 Å². The number of rotatable bonds is 7. The van der Waals surface area contributed by atoms with Crippen LogP contribution in [-0.2, 0) is 6.42 Å². The lowest BCUT2D eigenvalue weighted by molar-refractivity contribution is 0.394. The fourth-order valence-corrected chi connectivity index (χ4v) is 2.74. The topological polar surface area (TPSA) is 54.9 Å². The van der Waals surface area contributed by atoms with Crippen molar-refractivity contribution in [3.05, 3.63) is 59.2 Å². The summed E-state index contributed by atoms with van der Waals surface area (Å²) in [5.74, 6) is 2.38. The van der Waals surface area contributed by atoms with Crippen molar-refractivity contribution < 1.29 is 9.47 Å². The van der Waals surface area contributed by atoms with Crippen molar-refractivity contribution in [3.63, 3.8) is 0 Å². The third kappa shape index (κ3) is 5.41. The van der Waals surface area contributed by atoms with Crippen molar-refractivity contribution in [2.45, 2.75) is 26.3 Å². The monoisotopic (exact) mass is 355 g/mol. The SMILES string of the molecule is CN=C(NCCc1ccc(C)cc1)NC(C)c1cc(OC)ccc1OC. The van der Waals surface area contributed by atoms with Gasteiger partial charge >= 0.3 is 0 Å². The molecule has 2 N–H and O–H groups in total. The van der Waals surface area contributed by atoms with Gasteiger partial charge in [-0.05, 0) is 44.0 Å². The highest BCUT2D eigenvalue weighted by atomic mass is 16.5. The van der Waals surface area contributed by atoms with Crippen LogP contribution in [0.3, 0.4) is 0 Å². The van der Waals surface area contributed by atoms with Crippen LogP contribution in [0.5, 0.6) is 11.5 Å². The Bertz CT molecular complexity index is 727. The first kappa shape index (κ1) is 19.6. The molecule has 0 heterocycles.